The van der Waals surface area contributed by atoms with Gasteiger partial charge in [0.25, 0.3) is 0 Å². The van der Waals surface area contributed by atoms with Gasteiger partial charge in [-0.1, -0.05) is 31.9 Å². The summed E-state index contributed by atoms with van der Waals surface area (Å²) in [5, 5.41) is 10.3. The van der Waals surface area contributed by atoms with E-state index in [0.29, 0.717) is 17.9 Å². The maximum Gasteiger partial charge on any atom is 0.337 e. The molecule has 0 radical (unpaired) electrons. The van der Waals surface area contributed by atoms with Gasteiger partial charge in [0.1, 0.15) is 11.4 Å². The van der Waals surface area contributed by atoms with Crippen molar-refractivity contribution in [1.29, 1.82) is 0 Å². The van der Waals surface area contributed by atoms with Gasteiger partial charge < -0.3 is 9.84 Å². The van der Waals surface area contributed by atoms with Crippen LogP contribution in [0.4, 0.5) is 0 Å². The Hall–Kier alpha value is -1.25. The van der Waals surface area contributed by atoms with Crippen LogP contribution in [0, 0.1) is 5.92 Å². The molecule has 0 amide bonds. The summed E-state index contributed by atoms with van der Waals surface area (Å²) in [5.41, 5.74) is 1.36. The molecule has 0 aromatic heterocycles. The summed E-state index contributed by atoms with van der Waals surface area (Å²) in [4.78, 5) is 12.2. The number of hydrogen-bond donors (Lipinski definition) is 1. The average molecular weight is 320 g/mol. The average Bonchev–Trinajstić information content (AvgIpc) is 2.56. The summed E-state index contributed by atoms with van der Waals surface area (Å²) in [6.45, 7) is 6.00. The molecule has 3 nitrogen and oxygen atoms in total. The van der Waals surface area contributed by atoms with Crippen molar-refractivity contribution in [3.8, 4) is 0 Å². The molecular formula is C20H32O3. The van der Waals surface area contributed by atoms with Gasteiger partial charge in [-0.15, -0.1) is 0 Å². The topological polar surface area (TPSA) is 46.5 Å². The Labute approximate surface area is 140 Å². The first-order chi connectivity index (χ1) is 11.0. The van der Waals surface area contributed by atoms with Gasteiger partial charge in [0.15, 0.2) is 0 Å². The minimum atomic E-state index is -0.524. The fraction of sp³-hybridized carbons (Fsp3) is 0.750. The third-order valence-corrected chi connectivity index (χ3v) is 5.63. The van der Waals surface area contributed by atoms with E-state index < -0.39 is 5.60 Å². The van der Waals surface area contributed by atoms with Crippen molar-refractivity contribution in [3.05, 3.63) is 23.0 Å². The Morgan fingerprint density at radius 1 is 1.35 bits per heavy atom. The molecule has 0 spiro atoms. The minimum Gasteiger partial charge on any atom is -0.512 e. The molecule has 2 rings (SSSR count). The molecule has 2 atom stereocenters. The van der Waals surface area contributed by atoms with Gasteiger partial charge in [0.05, 0.1) is 5.57 Å². The second kappa shape index (κ2) is 8.03. The van der Waals surface area contributed by atoms with Crippen molar-refractivity contribution in [3.63, 3.8) is 0 Å². The van der Waals surface area contributed by atoms with Gasteiger partial charge in [0, 0.05) is 6.42 Å². The normalized spacial score (nSPS) is 26.7. The predicted octanol–water partition coefficient (Wildman–Crippen LogP) is 5.61. The SMILES string of the molecule is CCCC(CC)C1(CCC2=CCCCC2)CC(O)=C(C)C(=O)O1. The maximum atomic E-state index is 12.2. The van der Waals surface area contributed by atoms with Crippen LogP contribution >= 0.6 is 0 Å². The lowest BCUT2D eigenvalue weighted by atomic mass is 9.74. The van der Waals surface area contributed by atoms with Crippen LogP contribution < -0.4 is 0 Å². The fourth-order valence-corrected chi connectivity index (χ4v) is 4.09. The monoisotopic (exact) mass is 320 g/mol. The highest BCUT2D eigenvalue weighted by Crippen LogP contribution is 2.43. The maximum absolute atomic E-state index is 12.2. The number of cyclic esters (lactones) is 1. The van der Waals surface area contributed by atoms with E-state index in [4.69, 9.17) is 4.74 Å². The van der Waals surface area contributed by atoms with Crippen molar-refractivity contribution < 1.29 is 14.6 Å². The van der Waals surface area contributed by atoms with Gasteiger partial charge >= 0.3 is 5.97 Å². The van der Waals surface area contributed by atoms with Gasteiger partial charge in [-0.3, -0.25) is 0 Å². The molecule has 3 heteroatoms. The zero-order valence-electron chi connectivity index (χ0n) is 15.0. The van der Waals surface area contributed by atoms with E-state index in [0.717, 1.165) is 32.1 Å². The number of aliphatic hydroxyl groups excluding tert-OH is 1. The van der Waals surface area contributed by atoms with Crippen molar-refractivity contribution in [2.75, 3.05) is 0 Å². The lowest BCUT2D eigenvalue weighted by Gasteiger charge is -2.43. The highest BCUT2D eigenvalue weighted by Gasteiger charge is 2.45. The van der Waals surface area contributed by atoms with Gasteiger partial charge in [-0.2, -0.15) is 0 Å². The van der Waals surface area contributed by atoms with Crippen LogP contribution in [0.1, 0.15) is 85.0 Å². The van der Waals surface area contributed by atoms with E-state index >= 15 is 0 Å². The van der Waals surface area contributed by atoms with Crippen LogP contribution in [0.5, 0.6) is 0 Å². The van der Waals surface area contributed by atoms with E-state index in [9.17, 15) is 9.90 Å². The summed E-state index contributed by atoms with van der Waals surface area (Å²) >= 11 is 0. The second-order valence-corrected chi connectivity index (χ2v) is 7.20. The number of ether oxygens (including phenoxy) is 1. The van der Waals surface area contributed by atoms with E-state index in [1.54, 1.807) is 6.92 Å². The molecule has 1 heterocycles. The minimum absolute atomic E-state index is 0.230. The van der Waals surface area contributed by atoms with Crippen LogP contribution in [0.3, 0.4) is 0 Å². The van der Waals surface area contributed by atoms with E-state index in [1.165, 1.54) is 31.3 Å². The highest BCUT2D eigenvalue weighted by molar-refractivity contribution is 5.89. The molecular weight excluding hydrogens is 288 g/mol. The third kappa shape index (κ3) is 4.19. The number of carbonyl (C=O) groups is 1. The lowest BCUT2D eigenvalue weighted by molar-refractivity contribution is -0.168. The lowest BCUT2D eigenvalue weighted by Crippen LogP contribution is -2.46. The summed E-state index contributed by atoms with van der Waals surface area (Å²) in [7, 11) is 0. The first-order valence-electron chi connectivity index (χ1n) is 9.32. The first-order valence-corrected chi connectivity index (χ1v) is 9.32. The number of carbonyl (C=O) groups excluding carboxylic acids is 1. The molecule has 0 aromatic carbocycles. The molecule has 2 aliphatic rings. The molecule has 2 unspecified atom stereocenters. The molecule has 0 saturated carbocycles. The van der Waals surface area contributed by atoms with Crippen LogP contribution in [0.2, 0.25) is 0 Å². The molecule has 23 heavy (non-hydrogen) atoms. The molecule has 130 valence electrons. The molecule has 0 fully saturated rings. The van der Waals surface area contributed by atoms with Crippen molar-refractivity contribution in [2.24, 2.45) is 5.92 Å². The van der Waals surface area contributed by atoms with Crippen LogP contribution in [0.25, 0.3) is 0 Å². The Bertz CT molecular complexity index is 489. The van der Waals surface area contributed by atoms with Gasteiger partial charge in [0.2, 0.25) is 0 Å². The summed E-state index contributed by atoms with van der Waals surface area (Å²) in [6.07, 6.45) is 12.7. The molecule has 1 N–H and O–H groups in total. The number of rotatable bonds is 7. The number of hydrogen-bond acceptors (Lipinski definition) is 3. The fourth-order valence-electron chi connectivity index (χ4n) is 4.09. The highest BCUT2D eigenvalue weighted by atomic mass is 16.6. The predicted molar refractivity (Wildman–Crippen MR) is 93.2 cm³/mol. The van der Waals surface area contributed by atoms with Crippen molar-refractivity contribution in [1.82, 2.24) is 0 Å². The number of esters is 1. The van der Waals surface area contributed by atoms with Gasteiger partial charge in [-0.05, 0) is 64.2 Å². The summed E-state index contributed by atoms with van der Waals surface area (Å²) in [6, 6.07) is 0. The molecule has 0 bridgehead atoms. The Morgan fingerprint density at radius 2 is 2.13 bits per heavy atom. The number of aliphatic hydroxyl groups is 1. The largest absolute Gasteiger partial charge is 0.512 e. The quantitative estimate of drug-likeness (QED) is 0.490. The number of allylic oxidation sites excluding steroid dienone is 2. The Balaban J connectivity index is 2.21. The van der Waals surface area contributed by atoms with E-state index in [-0.39, 0.29) is 11.7 Å². The third-order valence-electron chi connectivity index (χ3n) is 5.63. The molecule has 0 saturated heterocycles. The van der Waals surface area contributed by atoms with Crippen molar-refractivity contribution >= 4 is 5.97 Å². The Morgan fingerprint density at radius 3 is 2.70 bits per heavy atom. The molecule has 1 aliphatic heterocycles. The zero-order valence-corrected chi connectivity index (χ0v) is 15.0. The smallest absolute Gasteiger partial charge is 0.337 e. The van der Waals surface area contributed by atoms with Gasteiger partial charge in [-0.25, -0.2) is 4.79 Å². The van der Waals surface area contributed by atoms with Crippen LogP contribution in [-0.2, 0) is 9.53 Å². The Kier molecular flexibility index (Phi) is 6.32. The zero-order chi connectivity index (χ0) is 16.9. The molecule has 0 aromatic rings. The molecule has 1 aliphatic carbocycles. The first kappa shape index (κ1) is 18.1. The van der Waals surface area contributed by atoms with E-state index in [2.05, 4.69) is 19.9 Å². The second-order valence-electron chi connectivity index (χ2n) is 7.20. The standard InChI is InChI=1S/C20H32O3/c1-4-9-17(5-2)20(13-12-16-10-7-6-8-11-16)14-18(21)15(3)19(22)23-20/h10,17,21H,4-9,11-14H2,1-3H3. The van der Waals surface area contributed by atoms with Crippen LogP contribution in [-0.4, -0.2) is 16.7 Å². The van der Waals surface area contributed by atoms with Crippen molar-refractivity contribution in [2.45, 2.75) is 90.6 Å². The van der Waals surface area contributed by atoms with Crippen LogP contribution in [0.15, 0.2) is 23.0 Å². The summed E-state index contributed by atoms with van der Waals surface area (Å²) in [5.74, 6) is 0.213. The van der Waals surface area contributed by atoms with E-state index in [1.807, 2.05) is 0 Å². The summed E-state index contributed by atoms with van der Waals surface area (Å²) < 4.78 is 5.97.